The second-order valence-electron chi connectivity index (χ2n) is 6.46. The number of rotatable bonds is 7. The van der Waals surface area contributed by atoms with Gasteiger partial charge in [-0.3, -0.25) is 9.59 Å². The molecule has 0 spiro atoms. The van der Waals surface area contributed by atoms with Crippen LogP contribution in [0.3, 0.4) is 0 Å². The summed E-state index contributed by atoms with van der Waals surface area (Å²) in [7, 11) is 3.36. The standard InChI is InChI=1S/C21H24N2O4S/c1-14-8-7-9-15(2)20(14)22-18(24)12-27-21(26)16-10-5-6-11-17(16)28-13-19(25)23(3)4/h5-11H,12-13H2,1-4H3,(H,22,24). The monoisotopic (exact) mass is 400 g/mol. The number of nitrogens with one attached hydrogen (secondary N) is 1. The molecule has 2 rings (SSSR count). The Kier molecular flexibility index (Phi) is 7.63. The molecule has 2 aromatic carbocycles. The molecular weight excluding hydrogens is 376 g/mol. The number of esters is 1. The fraction of sp³-hybridized carbons (Fsp3) is 0.286. The van der Waals surface area contributed by atoms with Crippen LogP contribution >= 0.6 is 11.8 Å². The van der Waals surface area contributed by atoms with Crippen LogP contribution in [0.1, 0.15) is 21.5 Å². The number of carbonyl (C=O) groups excluding carboxylic acids is 3. The van der Waals surface area contributed by atoms with E-state index in [-0.39, 0.29) is 18.3 Å². The van der Waals surface area contributed by atoms with Crippen LogP contribution in [-0.2, 0) is 14.3 Å². The average Bonchev–Trinajstić information content (AvgIpc) is 2.67. The summed E-state index contributed by atoms with van der Waals surface area (Å²) in [5.74, 6) is -0.846. The third kappa shape index (κ3) is 5.85. The van der Waals surface area contributed by atoms with E-state index in [9.17, 15) is 14.4 Å². The van der Waals surface area contributed by atoms with Gasteiger partial charge in [-0.1, -0.05) is 30.3 Å². The van der Waals surface area contributed by atoms with Gasteiger partial charge >= 0.3 is 5.97 Å². The van der Waals surface area contributed by atoms with Crippen LogP contribution in [0.2, 0.25) is 0 Å². The number of anilines is 1. The van der Waals surface area contributed by atoms with Crippen molar-refractivity contribution in [3.63, 3.8) is 0 Å². The number of amides is 2. The Bertz CT molecular complexity index is 860. The van der Waals surface area contributed by atoms with Crippen LogP contribution in [-0.4, -0.2) is 49.1 Å². The number of hydrogen-bond acceptors (Lipinski definition) is 5. The number of aryl methyl sites for hydroxylation is 2. The lowest BCUT2D eigenvalue weighted by Crippen LogP contribution is -2.24. The van der Waals surface area contributed by atoms with Crippen molar-refractivity contribution < 1.29 is 19.1 Å². The first-order valence-corrected chi connectivity index (χ1v) is 9.73. The first kappa shape index (κ1) is 21.5. The van der Waals surface area contributed by atoms with Crippen molar-refractivity contribution in [3.8, 4) is 0 Å². The third-order valence-corrected chi connectivity index (χ3v) is 5.10. The molecule has 6 nitrogen and oxygen atoms in total. The van der Waals surface area contributed by atoms with Gasteiger partial charge in [-0.2, -0.15) is 0 Å². The molecule has 7 heteroatoms. The molecule has 2 aromatic rings. The zero-order valence-electron chi connectivity index (χ0n) is 16.4. The highest BCUT2D eigenvalue weighted by atomic mass is 32.2. The lowest BCUT2D eigenvalue weighted by molar-refractivity contribution is -0.125. The van der Waals surface area contributed by atoms with E-state index in [4.69, 9.17) is 4.74 Å². The van der Waals surface area contributed by atoms with Crippen molar-refractivity contribution in [1.82, 2.24) is 4.90 Å². The first-order valence-electron chi connectivity index (χ1n) is 8.74. The highest BCUT2D eigenvalue weighted by molar-refractivity contribution is 8.00. The Morgan fingerprint density at radius 2 is 1.64 bits per heavy atom. The van der Waals surface area contributed by atoms with Crippen LogP contribution in [0.25, 0.3) is 0 Å². The highest BCUT2D eigenvalue weighted by Crippen LogP contribution is 2.24. The maximum absolute atomic E-state index is 12.4. The van der Waals surface area contributed by atoms with Gasteiger partial charge in [0.15, 0.2) is 6.61 Å². The lowest BCUT2D eigenvalue weighted by Gasteiger charge is -2.13. The molecule has 0 radical (unpaired) electrons. The Morgan fingerprint density at radius 3 is 2.29 bits per heavy atom. The van der Waals surface area contributed by atoms with E-state index in [0.29, 0.717) is 10.5 Å². The molecule has 0 aromatic heterocycles. The summed E-state index contributed by atoms with van der Waals surface area (Å²) >= 11 is 1.26. The minimum Gasteiger partial charge on any atom is -0.452 e. The zero-order chi connectivity index (χ0) is 20.7. The molecule has 0 fully saturated rings. The molecule has 0 aliphatic heterocycles. The van der Waals surface area contributed by atoms with Crippen LogP contribution in [0, 0.1) is 13.8 Å². The topological polar surface area (TPSA) is 75.7 Å². The second kappa shape index (κ2) is 9.94. The largest absolute Gasteiger partial charge is 0.452 e. The van der Waals surface area contributed by atoms with Crippen LogP contribution < -0.4 is 5.32 Å². The van der Waals surface area contributed by atoms with Gasteiger partial charge in [-0.05, 0) is 37.1 Å². The average molecular weight is 401 g/mol. The van der Waals surface area contributed by atoms with Crippen LogP contribution in [0.4, 0.5) is 5.69 Å². The maximum atomic E-state index is 12.4. The predicted octanol–water partition coefficient (Wildman–Crippen LogP) is 3.28. The number of ether oxygens (including phenoxy) is 1. The minimum atomic E-state index is -0.600. The number of nitrogens with zero attached hydrogens (tertiary/aromatic N) is 1. The van der Waals surface area contributed by atoms with Gasteiger partial charge in [0.05, 0.1) is 11.3 Å². The SMILES string of the molecule is Cc1cccc(C)c1NC(=O)COC(=O)c1ccccc1SCC(=O)N(C)C. The van der Waals surface area contributed by atoms with E-state index in [1.165, 1.54) is 16.7 Å². The van der Waals surface area contributed by atoms with Crippen molar-refractivity contribution in [2.45, 2.75) is 18.7 Å². The highest BCUT2D eigenvalue weighted by Gasteiger charge is 2.16. The number of carbonyl (C=O) groups is 3. The number of benzene rings is 2. The second-order valence-corrected chi connectivity index (χ2v) is 7.48. The molecule has 0 unspecified atom stereocenters. The Morgan fingerprint density at radius 1 is 1.00 bits per heavy atom. The summed E-state index contributed by atoms with van der Waals surface area (Å²) in [5.41, 5.74) is 2.93. The van der Waals surface area contributed by atoms with Crippen molar-refractivity contribution in [3.05, 3.63) is 59.2 Å². The molecule has 28 heavy (non-hydrogen) atoms. The lowest BCUT2D eigenvalue weighted by atomic mass is 10.1. The van der Waals surface area contributed by atoms with Gasteiger partial charge in [0, 0.05) is 24.7 Å². The Balaban J connectivity index is 1.98. The fourth-order valence-electron chi connectivity index (χ4n) is 2.43. The van der Waals surface area contributed by atoms with Crippen molar-refractivity contribution in [1.29, 1.82) is 0 Å². The molecular formula is C21H24N2O4S. The van der Waals surface area contributed by atoms with Crippen LogP contribution in [0.15, 0.2) is 47.4 Å². The number of hydrogen-bond donors (Lipinski definition) is 1. The predicted molar refractivity (Wildman–Crippen MR) is 111 cm³/mol. The molecule has 0 atom stereocenters. The Labute approximate surface area is 169 Å². The van der Waals surface area contributed by atoms with E-state index >= 15 is 0 Å². The van der Waals surface area contributed by atoms with Crippen molar-refractivity contribution >= 4 is 35.2 Å². The quantitative estimate of drug-likeness (QED) is 0.570. The molecule has 1 N–H and O–H groups in total. The van der Waals surface area contributed by atoms with Crippen molar-refractivity contribution in [2.75, 3.05) is 31.8 Å². The van der Waals surface area contributed by atoms with Gasteiger partial charge in [0.25, 0.3) is 5.91 Å². The summed E-state index contributed by atoms with van der Waals surface area (Å²) in [4.78, 5) is 38.5. The van der Waals surface area contributed by atoms with Gasteiger partial charge in [0.1, 0.15) is 0 Å². The van der Waals surface area contributed by atoms with Gasteiger partial charge in [-0.15, -0.1) is 11.8 Å². The molecule has 0 heterocycles. The molecule has 148 valence electrons. The van der Waals surface area contributed by atoms with E-state index in [2.05, 4.69) is 5.32 Å². The van der Waals surface area contributed by atoms with E-state index in [1.54, 1.807) is 38.4 Å². The van der Waals surface area contributed by atoms with E-state index in [0.717, 1.165) is 16.8 Å². The first-order chi connectivity index (χ1) is 13.3. The normalized spacial score (nSPS) is 10.3. The van der Waals surface area contributed by atoms with Gasteiger partial charge < -0.3 is 15.0 Å². The summed E-state index contributed by atoms with van der Waals surface area (Å²) < 4.78 is 5.18. The molecule has 0 bridgehead atoms. The van der Waals surface area contributed by atoms with Crippen LogP contribution in [0.5, 0.6) is 0 Å². The van der Waals surface area contributed by atoms with Crippen molar-refractivity contribution in [2.24, 2.45) is 0 Å². The smallest absolute Gasteiger partial charge is 0.339 e. The van der Waals surface area contributed by atoms with E-state index in [1.807, 2.05) is 32.0 Å². The number of para-hydroxylation sites is 1. The summed E-state index contributed by atoms with van der Waals surface area (Å²) in [6.45, 7) is 3.41. The molecule has 0 aliphatic carbocycles. The minimum absolute atomic E-state index is 0.0545. The third-order valence-electron chi connectivity index (χ3n) is 4.04. The summed E-state index contributed by atoms with van der Waals surface area (Å²) in [6.07, 6.45) is 0. The number of thioether (sulfide) groups is 1. The molecule has 2 amide bonds. The molecule has 0 saturated carbocycles. The van der Waals surface area contributed by atoms with E-state index < -0.39 is 11.9 Å². The molecule has 0 aliphatic rings. The molecule has 0 saturated heterocycles. The van der Waals surface area contributed by atoms with Gasteiger partial charge in [0.2, 0.25) is 5.91 Å². The summed E-state index contributed by atoms with van der Waals surface area (Å²) in [5, 5.41) is 2.78. The Hall–Kier alpha value is -2.80. The fourth-order valence-corrected chi connectivity index (χ4v) is 3.44. The zero-order valence-corrected chi connectivity index (χ0v) is 17.3. The maximum Gasteiger partial charge on any atom is 0.339 e. The summed E-state index contributed by atoms with van der Waals surface area (Å²) in [6, 6.07) is 12.6. The van der Waals surface area contributed by atoms with Gasteiger partial charge in [-0.25, -0.2) is 4.79 Å².